The molecule has 1 saturated carbocycles. The topological polar surface area (TPSA) is 109 Å². The molecule has 0 bridgehead atoms. The number of morpholine rings is 1. The summed E-state index contributed by atoms with van der Waals surface area (Å²) in [6.45, 7) is 8.44. The third-order valence-corrected chi connectivity index (χ3v) is 8.52. The summed E-state index contributed by atoms with van der Waals surface area (Å²) in [4.78, 5) is 33.1. The number of nitrogens with two attached hydrogens (primary N) is 1. The Balaban J connectivity index is 1.33. The number of hydrogen-bond donors (Lipinski definition) is 2. The Morgan fingerprint density at radius 2 is 2.21 bits per heavy atom. The van der Waals surface area contributed by atoms with Crippen molar-refractivity contribution >= 4 is 29.0 Å². The van der Waals surface area contributed by atoms with Gasteiger partial charge in [-0.2, -0.15) is 0 Å². The molecule has 9 nitrogen and oxygen atoms in total. The third kappa shape index (κ3) is 3.99. The van der Waals surface area contributed by atoms with Gasteiger partial charge in [0.05, 0.1) is 34.9 Å². The van der Waals surface area contributed by atoms with Crippen LogP contribution in [0.1, 0.15) is 41.9 Å². The molecule has 1 spiro atoms. The van der Waals surface area contributed by atoms with Crippen LogP contribution in [0, 0.1) is 0 Å². The highest BCUT2D eigenvalue weighted by Gasteiger charge is 2.51. The molecule has 0 radical (unpaired) electrons. The largest absolute Gasteiger partial charge is 0.404 e. The second-order valence-electron chi connectivity index (χ2n) is 9.49. The normalized spacial score (nSPS) is 21.4. The lowest BCUT2D eigenvalue weighted by Gasteiger charge is -2.39. The summed E-state index contributed by atoms with van der Waals surface area (Å²) in [6.07, 6.45) is 7.15. The van der Waals surface area contributed by atoms with Crippen LogP contribution in [0.2, 0.25) is 0 Å². The molecule has 1 aliphatic carbocycles. The molecule has 1 saturated heterocycles. The molecule has 5 rings (SSSR count). The van der Waals surface area contributed by atoms with E-state index in [0.717, 1.165) is 53.9 Å². The number of fused-ring (bicyclic) bond motifs is 1. The number of amidine groups is 1. The number of aliphatic imine (C=N–C) groups is 1. The SMILES string of the molecule is CN=C(C=CN)Nc1nccc(-c2cc3c(s2)C(C)(C)N(CCN2CCOCC24CC4)C3=O)n1. The standard InChI is InChI=1S/C24H31N7O2S/c1-23(2)20-16(21(32)31(23)11-10-30-12-13-33-15-24(30)6-7-24)14-18(34-20)17-5-9-27-22(28-17)29-19(26-3)4-8-25/h4-5,8-9,14H,6-7,10-13,15,25H2,1-3H3,(H,26,27,28,29). The highest BCUT2D eigenvalue weighted by molar-refractivity contribution is 7.16. The minimum absolute atomic E-state index is 0.0986. The Bertz CT molecular complexity index is 1150. The number of aromatic nitrogens is 2. The molecule has 2 aliphatic heterocycles. The maximum absolute atomic E-state index is 13.4. The fourth-order valence-electron chi connectivity index (χ4n) is 4.91. The van der Waals surface area contributed by atoms with E-state index < -0.39 is 0 Å². The first kappa shape index (κ1) is 22.9. The lowest BCUT2D eigenvalue weighted by Crippen LogP contribution is -2.51. The Morgan fingerprint density at radius 3 is 2.91 bits per heavy atom. The van der Waals surface area contributed by atoms with Gasteiger partial charge in [-0.3, -0.25) is 14.7 Å². The molecule has 180 valence electrons. The van der Waals surface area contributed by atoms with Crippen molar-refractivity contribution in [2.24, 2.45) is 10.7 Å². The third-order valence-electron chi connectivity index (χ3n) is 7.05. The van der Waals surface area contributed by atoms with Gasteiger partial charge in [0.1, 0.15) is 5.84 Å². The molecule has 2 aromatic heterocycles. The molecule has 2 fully saturated rings. The number of nitrogens with zero attached hydrogens (tertiary/aromatic N) is 5. The zero-order valence-electron chi connectivity index (χ0n) is 19.9. The van der Waals surface area contributed by atoms with Crippen molar-refractivity contribution in [2.75, 3.05) is 45.2 Å². The van der Waals surface area contributed by atoms with Crippen LogP contribution >= 0.6 is 11.3 Å². The second-order valence-corrected chi connectivity index (χ2v) is 10.5. The molecular formula is C24H31N7O2S. The quantitative estimate of drug-likeness (QED) is 0.482. The summed E-state index contributed by atoms with van der Waals surface area (Å²) in [5.41, 5.74) is 6.88. The van der Waals surface area contributed by atoms with E-state index in [4.69, 9.17) is 10.5 Å². The van der Waals surface area contributed by atoms with Crippen molar-refractivity contribution in [3.8, 4) is 10.6 Å². The zero-order valence-corrected chi connectivity index (χ0v) is 20.7. The van der Waals surface area contributed by atoms with E-state index in [1.165, 1.54) is 19.0 Å². The minimum Gasteiger partial charge on any atom is -0.404 e. The fourth-order valence-corrected chi connectivity index (χ4v) is 6.14. The van der Waals surface area contributed by atoms with Gasteiger partial charge in [0.15, 0.2) is 0 Å². The van der Waals surface area contributed by atoms with Crippen LogP contribution in [0.15, 0.2) is 35.6 Å². The molecule has 0 atom stereocenters. The Kier molecular flexibility index (Phi) is 5.91. The summed E-state index contributed by atoms with van der Waals surface area (Å²) in [5.74, 6) is 1.09. The number of thiophene rings is 1. The molecule has 2 aromatic rings. The van der Waals surface area contributed by atoms with Crippen molar-refractivity contribution in [3.05, 3.63) is 41.0 Å². The first-order valence-electron chi connectivity index (χ1n) is 11.6. The van der Waals surface area contributed by atoms with Crippen LogP contribution in [0.5, 0.6) is 0 Å². The second kappa shape index (κ2) is 8.75. The molecule has 3 N–H and O–H groups in total. The average molecular weight is 482 g/mol. The van der Waals surface area contributed by atoms with E-state index in [-0.39, 0.29) is 17.0 Å². The highest BCUT2D eigenvalue weighted by Crippen LogP contribution is 2.47. The zero-order chi connectivity index (χ0) is 23.9. The maximum atomic E-state index is 13.4. The van der Waals surface area contributed by atoms with Gasteiger partial charge < -0.3 is 20.7 Å². The average Bonchev–Trinajstić information content (AvgIpc) is 3.38. The van der Waals surface area contributed by atoms with Crippen molar-refractivity contribution in [2.45, 2.75) is 37.8 Å². The predicted molar refractivity (Wildman–Crippen MR) is 134 cm³/mol. The maximum Gasteiger partial charge on any atom is 0.255 e. The van der Waals surface area contributed by atoms with Crippen LogP contribution in [0.4, 0.5) is 5.95 Å². The van der Waals surface area contributed by atoms with Crippen LogP contribution in [-0.2, 0) is 10.3 Å². The molecule has 0 aromatic carbocycles. The number of nitrogens with one attached hydrogen (secondary N) is 1. The van der Waals surface area contributed by atoms with E-state index in [1.54, 1.807) is 30.7 Å². The van der Waals surface area contributed by atoms with Gasteiger partial charge in [0, 0.05) is 43.3 Å². The molecule has 0 unspecified atom stereocenters. The summed E-state index contributed by atoms with van der Waals surface area (Å²) in [7, 11) is 1.67. The Labute approximate surface area is 203 Å². The molecule has 34 heavy (non-hydrogen) atoms. The van der Waals surface area contributed by atoms with E-state index in [1.807, 2.05) is 17.0 Å². The van der Waals surface area contributed by atoms with E-state index >= 15 is 0 Å². The number of ether oxygens (including phenoxy) is 1. The first-order valence-corrected chi connectivity index (χ1v) is 12.4. The number of carbonyl (C=O) groups is 1. The summed E-state index contributed by atoms with van der Waals surface area (Å²) in [6, 6.07) is 3.83. The number of hydrogen-bond acceptors (Lipinski definition) is 8. The van der Waals surface area contributed by atoms with Crippen molar-refractivity contribution < 1.29 is 9.53 Å². The number of anilines is 1. The van der Waals surface area contributed by atoms with Crippen LogP contribution in [0.25, 0.3) is 10.6 Å². The van der Waals surface area contributed by atoms with Gasteiger partial charge in [-0.15, -0.1) is 11.3 Å². The predicted octanol–water partition coefficient (Wildman–Crippen LogP) is 2.67. The van der Waals surface area contributed by atoms with Gasteiger partial charge in [-0.25, -0.2) is 9.97 Å². The summed E-state index contributed by atoms with van der Waals surface area (Å²) >= 11 is 1.63. The Morgan fingerprint density at radius 1 is 1.38 bits per heavy atom. The summed E-state index contributed by atoms with van der Waals surface area (Å²) in [5, 5.41) is 3.06. The number of amides is 1. The molecule has 4 heterocycles. The van der Waals surface area contributed by atoms with E-state index in [9.17, 15) is 4.79 Å². The van der Waals surface area contributed by atoms with Crippen LogP contribution < -0.4 is 11.1 Å². The molecule has 10 heteroatoms. The minimum atomic E-state index is -0.361. The smallest absolute Gasteiger partial charge is 0.255 e. The van der Waals surface area contributed by atoms with Gasteiger partial charge in [-0.1, -0.05) is 0 Å². The monoisotopic (exact) mass is 481 g/mol. The van der Waals surface area contributed by atoms with Crippen LogP contribution in [0.3, 0.4) is 0 Å². The summed E-state index contributed by atoms with van der Waals surface area (Å²) < 4.78 is 5.70. The van der Waals surface area contributed by atoms with Crippen molar-refractivity contribution in [3.63, 3.8) is 0 Å². The van der Waals surface area contributed by atoms with Crippen molar-refractivity contribution in [1.82, 2.24) is 19.8 Å². The van der Waals surface area contributed by atoms with E-state index in [2.05, 4.69) is 39.0 Å². The molecule has 1 amide bonds. The van der Waals surface area contributed by atoms with Gasteiger partial charge >= 0.3 is 0 Å². The highest BCUT2D eigenvalue weighted by atomic mass is 32.1. The van der Waals surface area contributed by atoms with E-state index in [0.29, 0.717) is 11.8 Å². The fraction of sp³-hybridized carbons (Fsp3) is 0.500. The van der Waals surface area contributed by atoms with Crippen molar-refractivity contribution in [1.29, 1.82) is 0 Å². The molecule has 3 aliphatic rings. The number of rotatable bonds is 6. The lowest BCUT2D eigenvalue weighted by atomic mass is 10.0. The van der Waals surface area contributed by atoms with Gasteiger partial charge in [0.2, 0.25) is 5.95 Å². The molecular weight excluding hydrogens is 450 g/mol. The lowest BCUT2D eigenvalue weighted by molar-refractivity contribution is -0.0256. The van der Waals surface area contributed by atoms with Crippen LogP contribution in [-0.4, -0.2) is 76.9 Å². The first-order chi connectivity index (χ1) is 16.4. The Hall–Kier alpha value is -2.82. The van der Waals surface area contributed by atoms with Gasteiger partial charge in [0.25, 0.3) is 5.91 Å². The van der Waals surface area contributed by atoms with Gasteiger partial charge in [-0.05, 0) is 51.1 Å². The number of carbonyl (C=O) groups excluding carboxylic acids is 1.